The number of H-pyrrole nitrogens is 1. The fourth-order valence-corrected chi connectivity index (χ4v) is 2.90. The Morgan fingerprint density at radius 1 is 1.18 bits per heavy atom. The third-order valence-electron chi connectivity index (χ3n) is 3.73. The number of carbonyl (C=O) groups is 1. The molecule has 0 saturated heterocycles. The second kappa shape index (κ2) is 5.18. The van der Waals surface area contributed by atoms with E-state index in [1.165, 1.54) is 6.07 Å². The van der Waals surface area contributed by atoms with Gasteiger partial charge >= 0.3 is 0 Å². The van der Waals surface area contributed by atoms with Gasteiger partial charge < -0.3 is 15.3 Å². The molecule has 22 heavy (non-hydrogen) atoms. The monoisotopic (exact) mass is 295 g/mol. The Kier molecular flexibility index (Phi) is 3.33. The van der Waals surface area contributed by atoms with Crippen molar-refractivity contribution in [2.75, 3.05) is 0 Å². The van der Waals surface area contributed by atoms with Crippen molar-refractivity contribution < 1.29 is 4.79 Å². The fourth-order valence-electron chi connectivity index (χ4n) is 2.90. The zero-order chi connectivity index (χ0) is 15.9. The Balaban J connectivity index is 2.47. The molecule has 5 nitrogen and oxygen atoms in total. The molecular formula is C17H17N3O2. The second-order valence-corrected chi connectivity index (χ2v) is 5.51. The molecule has 3 N–H and O–H groups in total. The lowest BCUT2D eigenvalue weighted by Gasteiger charge is -2.13. The molecule has 112 valence electrons. The van der Waals surface area contributed by atoms with E-state index in [4.69, 9.17) is 5.73 Å². The average Bonchev–Trinajstić information content (AvgIpc) is 2.83. The van der Waals surface area contributed by atoms with Crippen LogP contribution in [-0.2, 0) is 0 Å². The van der Waals surface area contributed by atoms with E-state index in [1.807, 2.05) is 42.7 Å². The predicted octanol–water partition coefficient (Wildman–Crippen LogP) is 2.68. The number of nitrogens with zero attached hydrogens (tertiary/aromatic N) is 1. The van der Waals surface area contributed by atoms with Crippen LogP contribution in [0.4, 0.5) is 0 Å². The average molecular weight is 295 g/mol. The molecule has 0 radical (unpaired) electrons. The number of hydrogen-bond acceptors (Lipinski definition) is 2. The first kappa shape index (κ1) is 14.1. The fraction of sp³-hybridized carbons (Fsp3) is 0.176. The van der Waals surface area contributed by atoms with Crippen LogP contribution in [0.5, 0.6) is 0 Å². The van der Waals surface area contributed by atoms with Gasteiger partial charge in [0.1, 0.15) is 5.69 Å². The van der Waals surface area contributed by atoms with E-state index in [-0.39, 0.29) is 11.6 Å². The standard InChI is InChI=1S/C17H17N3O2/c1-10(2)20-13-6-4-3-5-12(13)15(16(20)17(18)22)11-7-8-14(21)19-9-11/h3-10H,1-2H3,(H2,18,22)(H,19,21). The molecule has 0 atom stereocenters. The van der Waals surface area contributed by atoms with Crippen LogP contribution in [0, 0.1) is 0 Å². The summed E-state index contributed by atoms with van der Waals surface area (Å²) >= 11 is 0. The summed E-state index contributed by atoms with van der Waals surface area (Å²) < 4.78 is 1.94. The van der Waals surface area contributed by atoms with Gasteiger partial charge in [-0.1, -0.05) is 18.2 Å². The SMILES string of the molecule is CC(C)n1c(C(N)=O)c(-c2ccc(=O)[nH]c2)c2ccccc21. The Labute approximate surface area is 127 Å². The molecule has 0 aliphatic carbocycles. The first-order chi connectivity index (χ1) is 10.5. The number of nitrogens with one attached hydrogen (secondary N) is 1. The maximum Gasteiger partial charge on any atom is 0.266 e. The number of nitrogens with two attached hydrogens (primary N) is 1. The van der Waals surface area contributed by atoms with Crippen molar-refractivity contribution in [3.8, 4) is 11.1 Å². The lowest BCUT2D eigenvalue weighted by Crippen LogP contribution is -2.19. The summed E-state index contributed by atoms with van der Waals surface area (Å²) in [5.74, 6) is -0.480. The van der Waals surface area contributed by atoms with E-state index in [0.29, 0.717) is 5.69 Å². The van der Waals surface area contributed by atoms with Gasteiger partial charge in [-0.3, -0.25) is 9.59 Å². The number of para-hydroxylation sites is 1. The zero-order valence-electron chi connectivity index (χ0n) is 12.5. The molecule has 2 aromatic heterocycles. The molecule has 0 saturated carbocycles. The third-order valence-corrected chi connectivity index (χ3v) is 3.73. The van der Waals surface area contributed by atoms with Gasteiger partial charge in [0.25, 0.3) is 5.91 Å². The summed E-state index contributed by atoms with van der Waals surface area (Å²) in [6.45, 7) is 4.02. The zero-order valence-corrected chi connectivity index (χ0v) is 12.5. The third kappa shape index (κ3) is 2.11. The molecular weight excluding hydrogens is 278 g/mol. The topological polar surface area (TPSA) is 80.9 Å². The van der Waals surface area contributed by atoms with E-state index in [1.54, 1.807) is 12.3 Å². The summed E-state index contributed by atoms with van der Waals surface area (Å²) in [7, 11) is 0. The van der Waals surface area contributed by atoms with Gasteiger partial charge in [-0.25, -0.2) is 0 Å². The smallest absolute Gasteiger partial charge is 0.266 e. The number of fused-ring (bicyclic) bond motifs is 1. The Morgan fingerprint density at radius 3 is 2.50 bits per heavy atom. The molecule has 0 fully saturated rings. The van der Waals surface area contributed by atoms with Crippen molar-refractivity contribution in [1.29, 1.82) is 0 Å². The van der Waals surface area contributed by atoms with Crippen molar-refractivity contribution in [2.45, 2.75) is 19.9 Å². The van der Waals surface area contributed by atoms with Crippen molar-refractivity contribution in [3.63, 3.8) is 0 Å². The lowest BCUT2D eigenvalue weighted by molar-refractivity contribution is 0.0991. The van der Waals surface area contributed by atoms with Gasteiger partial charge in [-0.2, -0.15) is 0 Å². The number of benzene rings is 1. The Morgan fingerprint density at radius 2 is 1.91 bits per heavy atom. The van der Waals surface area contributed by atoms with Crippen molar-refractivity contribution in [1.82, 2.24) is 9.55 Å². The quantitative estimate of drug-likeness (QED) is 0.779. The summed E-state index contributed by atoms with van der Waals surface area (Å²) in [5.41, 5.74) is 8.41. The molecule has 3 rings (SSSR count). The summed E-state index contributed by atoms with van der Waals surface area (Å²) in [4.78, 5) is 26.0. The van der Waals surface area contributed by atoms with E-state index >= 15 is 0 Å². The van der Waals surface area contributed by atoms with Gasteiger partial charge in [0.15, 0.2) is 0 Å². The minimum absolute atomic E-state index is 0.0870. The number of amides is 1. The Hall–Kier alpha value is -2.82. The van der Waals surface area contributed by atoms with Crippen molar-refractivity contribution in [2.24, 2.45) is 5.73 Å². The van der Waals surface area contributed by atoms with Gasteiger partial charge in [0.2, 0.25) is 5.56 Å². The highest BCUT2D eigenvalue weighted by Crippen LogP contribution is 2.36. The van der Waals surface area contributed by atoms with Gasteiger partial charge in [0.05, 0.1) is 0 Å². The number of aromatic nitrogens is 2. The number of aromatic amines is 1. The predicted molar refractivity (Wildman–Crippen MR) is 86.9 cm³/mol. The molecule has 2 heterocycles. The van der Waals surface area contributed by atoms with Crippen LogP contribution in [-0.4, -0.2) is 15.5 Å². The normalized spacial score (nSPS) is 11.2. The van der Waals surface area contributed by atoms with Crippen LogP contribution in [0.1, 0.15) is 30.4 Å². The van der Waals surface area contributed by atoms with Crippen LogP contribution in [0.15, 0.2) is 47.4 Å². The van der Waals surface area contributed by atoms with Gasteiger partial charge in [0, 0.05) is 40.3 Å². The molecule has 1 aromatic carbocycles. The lowest BCUT2D eigenvalue weighted by atomic mass is 10.0. The van der Waals surface area contributed by atoms with E-state index in [2.05, 4.69) is 4.98 Å². The highest BCUT2D eigenvalue weighted by Gasteiger charge is 2.23. The summed E-state index contributed by atoms with van der Waals surface area (Å²) in [6, 6.07) is 11.0. The number of hydrogen-bond donors (Lipinski definition) is 2. The highest BCUT2D eigenvalue weighted by atomic mass is 16.1. The maximum atomic E-state index is 12.1. The van der Waals surface area contributed by atoms with Crippen LogP contribution >= 0.6 is 0 Å². The van der Waals surface area contributed by atoms with E-state index in [9.17, 15) is 9.59 Å². The van der Waals surface area contributed by atoms with E-state index < -0.39 is 5.91 Å². The molecule has 5 heteroatoms. The molecule has 0 unspecified atom stereocenters. The van der Waals surface area contributed by atoms with Crippen molar-refractivity contribution in [3.05, 3.63) is 58.6 Å². The minimum atomic E-state index is -0.480. The number of rotatable bonds is 3. The maximum absolute atomic E-state index is 12.1. The highest BCUT2D eigenvalue weighted by molar-refractivity contribution is 6.09. The van der Waals surface area contributed by atoms with Crippen molar-refractivity contribution >= 4 is 16.8 Å². The first-order valence-electron chi connectivity index (χ1n) is 7.12. The molecule has 0 spiro atoms. The summed E-state index contributed by atoms with van der Waals surface area (Å²) in [6.07, 6.45) is 1.61. The van der Waals surface area contributed by atoms with E-state index in [0.717, 1.165) is 22.0 Å². The molecule has 0 bridgehead atoms. The molecule has 0 aliphatic rings. The van der Waals surface area contributed by atoms with Gasteiger partial charge in [-0.15, -0.1) is 0 Å². The van der Waals surface area contributed by atoms with Gasteiger partial charge in [-0.05, 0) is 26.0 Å². The number of carbonyl (C=O) groups excluding carboxylic acids is 1. The second-order valence-electron chi connectivity index (χ2n) is 5.51. The molecule has 0 aliphatic heterocycles. The van der Waals surface area contributed by atoms with Crippen LogP contribution < -0.4 is 11.3 Å². The number of primary amides is 1. The summed E-state index contributed by atoms with van der Waals surface area (Å²) in [5, 5.41) is 0.942. The van der Waals surface area contributed by atoms with Crippen LogP contribution in [0.2, 0.25) is 0 Å². The number of pyridine rings is 1. The van der Waals surface area contributed by atoms with Crippen LogP contribution in [0.25, 0.3) is 22.0 Å². The largest absolute Gasteiger partial charge is 0.364 e. The minimum Gasteiger partial charge on any atom is -0.364 e. The molecule has 3 aromatic rings. The first-order valence-corrected chi connectivity index (χ1v) is 7.12. The van der Waals surface area contributed by atoms with Crippen LogP contribution in [0.3, 0.4) is 0 Å². The Bertz CT molecular complexity index is 899. The molecule has 1 amide bonds.